The Labute approximate surface area is 220 Å². The van der Waals surface area contributed by atoms with Crippen LogP contribution in [0.25, 0.3) is 0 Å². The van der Waals surface area contributed by atoms with E-state index < -0.39 is 36.0 Å². The molecule has 0 bridgehead atoms. The molecular formula is C29H30N4O5. The van der Waals surface area contributed by atoms with Gasteiger partial charge >= 0.3 is 0 Å². The van der Waals surface area contributed by atoms with Crippen LogP contribution >= 0.6 is 0 Å². The maximum absolute atomic E-state index is 12.1. The number of anilines is 1. The van der Waals surface area contributed by atoms with Crippen molar-refractivity contribution in [2.24, 2.45) is 0 Å². The fourth-order valence-electron chi connectivity index (χ4n) is 4.94. The second kappa shape index (κ2) is 10.8. The zero-order chi connectivity index (χ0) is 26.7. The third-order valence-electron chi connectivity index (χ3n) is 6.89. The number of imidazole rings is 1. The molecule has 1 aliphatic rings. The molecule has 1 fully saturated rings. The number of nitrogens with one attached hydrogen (secondary N) is 1. The van der Waals surface area contributed by atoms with Gasteiger partial charge in [0.2, 0.25) is 0 Å². The molecule has 9 heteroatoms. The molecule has 0 unspecified atom stereocenters. The molecule has 1 aromatic heterocycles. The van der Waals surface area contributed by atoms with E-state index in [0.717, 1.165) is 16.7 Å². The summed E-state index contributed by atoms with van der Waals surface area (Å²) >= 11 is 0. The molecule has 3 aromatic carbocycles. The molecule has 196 valence electrons. The van der Waals surface area contributed by atoms with E-state index >= 15 is 0 Å². The first-order chi connectivity index (χ1) is 18.5. The van der Waals surface area contributed by atoms with Crippen LogP contribution in [0.3, 0.4) is 0 Å². The van der Waals surface area contributed by atoms with Crippen molar-refractivity contribution in [2.45, 2.75) is 30.1 Å². The van der Waals surface area contributed by atoms with E-state index in [1.54, 1.807) is 0 Å². The van der Waals surface area contributed by atoms with Gasteiger partial charge in [-0.3, -0.25) is 9.36 Å². The van der Waals surface area contributed by atoms with Crippen LogP contribution in [0, 0.1) is 0 Å². The maximum atomic E-state index is 12.1. The lowest BCUT2D eigenvalue weighted by atomic mass is 9.80. The summed E-state index contributed by atoms with van der Waals surface area (Å²) in [6, 6.07) is 29.5. The molecule has 4 atom stereocenters. The molecule has 0 aliphatic carbocycles. The Hall–Kier alpha value is -4.02. The van der Waals surface area contributed by atoms with E-state index in [-0.39, 0.29) is 18.1 Å². The number of aliphatic hydroxyl groups excluding tert-OH is 2. The lowest BCUT2D eigenvalue weighted by Crippen LogP contribution is -2.39. The number of nitrogen functional groups attached to an aromatic ring is 1. The van der Waals surface area contributed by atoms with Gasteiger partial charge in [0.05, 0.1) is 12.9 Å². The van der Waals surface area contributed by atoms with E-state index in [1.807, 2.05) is 91.0 Å². The predicted octanol–water partition coefficient (Wildman–Crippen LogP) is 2.45. The number of carbonyl (C=O) groups is 1. The second-order valence-electron chi connectivity index (χ2n) is 9.10. The number of ether oxygens (including phenoxy) is 2. The Morgan fingerprint density at radius 3 is 1.92 bits per heavy atom. The Balaban J connectivity index is 1.49. The Kier molecular flexibility index (Phi) is 7.26. The smallest absolute Gasteiger partial charge is 0.273 e. The molecule has 0 spiro atoms. The molecule has 0 radical (unpaired) electrons. The van der Waals surface area contributed by atoms with E-state index in [1.165, 1.54) is 17.9 Å². The number of benzene rings is 3. The molecular weight excluding hydrogens is 484 g/mol. The summed E-state index contributed by atoms with van der Waals surface area (Å²) in [4.78, 5) is 16.1. The zero-order valence-electron chi connectivity index (χ0n) is 20.8. The van der Waals surface area contributed by atoms with Crippen LogP contribution in [-0.4, -0.2) is 57.6 Å². The van der Waals surface area contributed by atoms with Crippen molar-refractivity contribution in [1.82, 2.24) is 14.9 Å². The lowest BCUT2D eigenvalue weighted by molar-refractivity contribution is -0.0945. The third kappa shape index (κ3) is 4.46. The molecule has 1 aliphatic heterocycles. The highest BCUT2D eigenvalue weighted by Gasteiger charge is 2.47. The number of aromatic nitrogens is 2. The molecule has 5 rings (SSSR count). The molecule has 5 N–H and O–H groups in total. The maximum Gasteiger partial charge on any atom is 0.273 e. The number of hydrogen-bond acceptors (Lipinski definition) is 7. The van der Waals surface area contributed by atoms with Crippen molar-refractivity contribution in [3.63, 3.8) is 0 Å². The number of aliphatic hydroxyl groups is 2. The summed E-state index contributed by atoms with van der Waals surface area (Å²) in [6.07, 6.45) is -3.23. The second-order valence-corrected chi connectivity index (χ2v) is 9.10. The summed E-state index contributed by atoms with van der Waals surface area (Å²) < 4.78 is 14.2. The van der Waals surface area contributed by atoms with Crippen molar-refractivity contribution in [3.05, 3.63) is 120 Å². The van der Waals surface area contributed by atoms with E-state index in [9.17, 15) is 15.0 Å². The number of nitrogens with two attached hydrogens (primary N) is 1. The molecule has 38 heavy (non-hydrogen) atoms. The topological polar surface area (TPSA) is 132 Å². The van der Waals surface area contributed by atoms with Crippen LogP contribution in [0.5, 0.6) is 0 Å². The number of nitrogens with zero attached hydrogens (tertiary/aromatic N) is 2. The van der Waals surface area contributed by atoms with Gasteiger partial charge in [-0.25, -0.2) is 4.98 Å². The highest BCUT2D eigenvalue weighted by molar-refractivity contribution is 5.96. The average Bonchev–Trinajstić information content (AvgIpc) is 3.48. The highest BCUT2D eigenvalue weighted by Crippen LogP contribution is 2.42. The van der Waals surface area contributed by atoms with Crippen molar-refractivity contribution >= 4 is 11.7 Å². The Bertz CT molecular complexity index is 1270. The fraction of sp³-hybridized carbons (Fsp3) is 0.241. The van der Waals surface area contributed by atoms with Gasteiger partial charge in [0.15, 0.2) is 11.9 Å². The summed E-state index contributed by atoms with van der Waals surface area (Å²) in [5, 5.41) is 24.3. The van der Waals surface area contributed by atoms with Gasteiger partial charge in [-0.1, -0.05) is 91.0 Å². The normalized spacial score (nSPS) is 21.3. The summed E-state index contributed by atoms with van der Waals surface area (Å²) in [6.45, 7) is -0.0513. The van der Waals surface area contributed by atoms with Crippen molar-refractivity contribution < 1.29 is 24.5 Å². The summed E-state index contributed by atoms with van der Waals surface area (Å²) in [5.41, 5.74) is 7.81. The molecule has 4 aromatic rings. The van der Waals surface area contributed by atoms with Crippen LogP contribution in [-0.2, 0) is 15.1 Å². The Morgan fingerprint density at radius 1 is 0.947 bits per heavy atom. The first kappa shape index (κ1) is 25.6. The van der Waals surface area contributed by atoms with Crippen LogP contribution in [0.4, 0.5) is 5.82 Å². The number of amides is 1. The fourth-order valence-corrected chi connectivity index (χ4v) is 4.94. The molecule has 1 saturated heterocycles. The zero-order valence-corrected chi connectivity index (χ0v) is 20.8. The van der Waals surface area contributed by atoms with Crippen LogP contribution in [0.15, 0.2) is 97.3 Å². The van der Waals surface area contributed by atoms with Gasteiger partial charge < -0.3 is 30.7 Å². The van der Waals surface area contributed by atoms with E-state index in [0.29, 0.717) is 0 Å². The van der Waals surface area contributed by atoms with Gasteiger partial charge in [-0.2, -0.15) is 0 Å². The van der Waals surface area contributed by atoms with Crippen LogP contribution in [0.2, 0.25) is 0 Å². The van der Waals surface area contributed by atoms with Gasteiger partial charge in [-0.05, 0) is 16.7 Å². The van der Waals surface area contributed by atoms with Crippen LogP contribution < -0.4 is 11.1 Å². The third-order valence-corrected chi connectivity index (χ3v) is 6.89. The lowest BCUT2D eigenvalue weighted by Gasteiger charge is -2.37. The van der Waals surface area contributed by atoms with E-state index in [2.05, 4.69) is 10.3 Å². The first-order valence-electron chi connectivity index (χ1n) is 12.3. The quantitative estimate of drug-likeness (QED) is 0.266. The molecule has 1 amide bonds. The minimum atomic E-state index is -1.32. The number of carbonyl (C=O) groups excluding carboxylic acids is 1. The minimum Gasteiger partial charge on any atom is -0.387 e. The number of hydrogen-bond donors (Lipinski definition) is 4. The van der Waals surface area contributed by atoms with Gasteiger partial charge in [0.1, 0.15) is 29.7 Å². The molecule has 9 nitrogen and oxygen atoms in total. The van der Waals surface area contributed by atoms with Gasteiger partial charge in [0, 0.05) is 7.05 Å². The molecule has 2 heterocycles. The number of rotatable bonds is 8. The largest absolute Gasteiger partial charge is 0.387 e. The summed E-state index contributed by atoms with van der Waals surface area (Å²) in [7, 11) is 1.47. The van der Waals surface area contributed by atoms with Crippen LogP contribution in [0.1, 0.15) is 33.4 Å². The predicted molar refractivity (Wildman–Crippen MR) is 141 cm³/mol. The summed E-state index contributed by atoms with van der Waals surface area (Å²) in [5.74, 6) is -0.443. The van der Waals surface area contributed by atoms with E-state index in [4.69, 9.17) is 15.2 Å². The SMILES string of the molecule is CNC(=O)c1ncn([C@@H]2O[C@H](COC(c3ccccc3)(c3ccccc3)c3ccccc3)[C@@H](O)[C@H]2O)c1N. The standard InChI is InChI=1S/C29H30N4O5/c1-31-27(36)23-26(30)33(18-32-23)28-25(35)24(34)22(38-28)17-37-29(19-11-5-2-6-12-19,20-13-7-3-8-14-20)21-15-9-4-10-16-21/h2-16,18,22,24-25,28,34-35H,17,30H2,1H3,(H,31,36)/t22-,24-,25-,28-/m1/s1. The Morgan fingerprint density at radius 2 is 1.45 bits per heavy atom. The van der Waals surface area contributed by atoms with Gasteiger partial charge in [0.25, 0.3) is 5.91 Å². The van der Waals surface area contributed by atoms with Gasteiger partial charge in [-0.15, -0.1) is 0 Å². The molecule has 0 saturated carbocycles. The first-order valence-corrected chi connectivity index (χ1v) is 12.3. The average molecular weight is 515 g/mol. The highest BCUT2D eigenvalue weighted by atomic mass is 16.6. The minimum absolute atomic E-state index is 0.00809. The van der Waals surface area contributed by atoms with Crippen molar-refractivity contribution in [2.75, 3.05) is 19.4 Å². The van der Waals surface area contributed by atoms with Crippen molar-refractivity contribution in [1.29, 1.82) is 0 Å². The van der Waals surface area contributed by atoms with Crippen molar-refractivity contribution in [3.8, 4) is 0 Å². The monoisotopic (exact) mass is 514 g/mol.